The van der Waals surface area contributed by atoms with Gasteiger partial charge in [-0.3, -0.25) is 0 Å². The molecule has 0 N–H and O–H groups in total. The summed E-state index contributed by atoms with van der Waals surface area (Å²) in [5.41, 5.74) is 0.244. The molecule has 0 aliphatic carbocycles. The molecular formula is C10H9ClFNOS. The van der Waals surface area contributed by atoms with Crippen molar-refractivity contribution in [2.45, 2.75) is 17.6 Å². The Morgan fingerprint density at radius 2 is 2.27 bits per heavy atom. The predicted molar refractivity (Wildman–Crippen MR) is 59.8 cm³/mol. The van der Waals surface area contributed by atoms with Crippen molar-refractivity contribution in [2.75, 3.05) is 6.26 Å². The summed E-state index contributed by atoms with van der Waals surface area (Å²) in [5.74, 6) is -2.07. The third-order valence-electron chi connectivity index (χ3n) is 1.93. The molecule has 0 aliphatic heterocycles. The lowest BCUT2D eigenvalue weighted by atomic mass is 10.1. The van der Waals surface area contributed by atoms with Gasteiger partial charge in [-0.2, -0.15) is 4.99 Å². The highest BCUT2D eigenvalue weighted by Crippen LogP contribution is 2.32. The summed E-state index contributed by atoms with van der Waals surface area (Å²) < 4.78 is 13.7. The van der Waals surface area contributed by atoms with Gasteiger partial charge in [0.25, 0.3) is 0 Å². The van der Waals surface area contributed by atoms with E-state index in [4.69, 9.17) is 11.6 Å². The molecule has 1 unspecified atom stereocenters. The Balaban J connectivity index is 3.17. The van der Waals surface area contributed by atoms with Gasteiger partial charge in [0, 0.05) is 10.5 Å². The number of isocyanates is 1. The number of halogens is 2. The number of thioether (sulfide) groups is 1. The second-order valence-electron chi connectivity index (χ2n) is 3.01. The summed E-state index contributed by atoms with van der Waals surface area (Å²) >= 11 is 7.37. The lowest BCUT2D eigenvalue weighted by molar-refractivity contribution is 0.206. The molecule has 1 atom stereocenters. The minimum absolute atomic E-state index is 0.244. The fraction of sp³-hybridized carbons (Fsp3) is 0.300. The van der Waals surface area contributed by atoms with E-state index in [0.717, 1.165) is 4.90 Å². The third kappa shape index (κ3) is 2.81. The molecule has 0 amide bonds. The monoisotopic (exact) mass is 245 g/mol. The average molecular weight is 246 g/mol. The molecule has 5 heteroatoms. The number of alkyl halides is 1. The molecular weight excluding hydrogens is 237 g/mol. The van der Waals surface area contributed by atoms with Gasteiger partial charge in [0.2, 0.25) is 11.9 Å². The highest BCUT2D eigenvalue weighted by Gasteiger charge is 2.25. The topological polar surface area (TPSA) is 29.4 Å². The van der Waals surface area contributed by atoms with Crippen LogP contribution < -0.4 is 0 Å². The number of rotatable bonds is 3. The fourth-order valence-electron chi connectivity index (χ4n) is 1.10. The van der Waals surface area contributed by atoms with Crippen molar-refractivity contribution < 1.29 is 9.18 Å². The molecule has 1 aromatic rings. The molecule has 0 saturated carbocycles. The van der Waals surface area contributed by atoms with Crippen molar-refractivity contribution in [1.29, 1.82) is 0 Å². The van der Waals surface area contributed by atoms with E-state index in [1.807, 2.05) is 6.26 Å². The maximum Gasteiger partial charge on any atom is 0.238 e. The summed E-state index contributed by atoms with van der Waals surface area (Å²) in [6, 6.07) is 4.72. The van der Waals surface area contributed by atoms with E-state index in [0.29, 0.717) is 5.02 Å². The molecule has 1 rings (SSSR count). The Morgan fingerprint density at radius 3 is 2.73 bits per heavy atom. The summed E-state index contributed by atoms with van der Waals surface area (Å²) in [7, 11) is 0. The van der Waals surface area contributed by atoms with Crippen LogP contribution in [0.2, 0.25) is 5.02 Å². The molecule has 15 heavy (non-hydrogen) atoms. The van der Waals surface area contributed by atoms with Gasteiger partial charge in [0.15, 0.2) is 0 Å². The SMILES string of the molecule is CSc1ccc(C(C)(F)N=C=O)cc1Cl. The summed E-state index contributed by atoms with van der Waals surface area (Å²) in [4.78, 5) is 14.0. The van der Waals surface area contributed by atoms with E-state index < -0.39 is 5.79 Å². The van der Waals surface area contributed by atoms with Gasteiger partial charge in [-0.15, -0.1) is 11.8 Å². The van der Waals surface area contributed by atoms with Gasteiger partial charge in [-0.05, 0) is 25.3 Å². The van der Waals surface area contributed by atoms with Gasteiger partial charge in [0.1, 0.15) is 0 Å². The van der Waals surface area contributed by atoms with Crippen molar-refractivity contribution in [2.24, 2.45) is 4.99 Å². The zero-order valence-corrected chi connectivity index (χ0v) is 9.82. The molecule has 0 bridgehead atoms. The van der Waals surface area contributed by atoms with Crippen LogP contribution in [0.4, 0.5) is 4.39 Å². The Kier molecular flexibility index (Phi) is 3.91. The summed E-state index contributed by atoms with van der Waals surface area (Å²) in [5, 5.41) is 0.449. The zero-order chi connectivity index (χ0) is 11.5. The minimum atomic E-state index is -2.07. The Morgan fingerprint density at radius 1 is 1.60 bits per heavy atom. The first-order valence-corrected chi connectivity index (χ1v) is 5.73. The predicted octanol–water partition coefficient (Wildman–Crippen LogP) is 3.54. The molecule has 0 saturated heterocycles. The first kappa shape index (κ1) is 12.2. The highest BCUT2D eigenvalue weighted by atomic mass is 35.5. The second-order valence-corrected chi connectivity index (χ2v) is 4.26. The number of nitrogens with zero attached hydrogens (tertiary/aromatic N) is 1. The number of carbonyl (C=O) groups excluding carboxylic acids is 1. The Hall–Kier alpha value is -0.830. The molecule has 0 heterocycles. The van der Waals surface area contributed by atoms with Crippen molar-refractivity contribution in [1.82, 2.24) is 0 Å². The van der Waals surface area contributed by atoms with Crippen LogP contribution in [0.25, 0.3) is 0 Å². The third-order valence-corrected chi connectivity index (χ3v) is 3.15. The van der Waals surface area contributed by atoms with Gasteiger partial charge in [0.05, 0.1) is 5.02 Å². The molecule has 0 aliphatic rings. The minimum Gasteiger partial charge on any atom is -0.212 e. The average Bonchev–Trinajstić information content (AvgIpc) is 2.17. The van der Waals surface area contributed by atoms with Gasteiger partial charge < -0.3 is 0 Å². The van der Waals surface area contributed by atoms with Crippen LogP contribution in [0.3, 0.4) is 0 Å². The van der Waals surface area contributed by atoms with Crippen molar-refractivity contribution in [3.8, 4) is 0 Å². The highest BCUT2D eigenvalue weighted by molar-refractivity contribution is 7.98. The number of aliphatic imine (C=N–C) groups is 1. The quantitative estimate of drug-likeness (QED) is 0.353. The zero-order valence-electron chi connectivity index (χ0n) is 8.25. The molecule has 0 fully saturated rings. The summed E-state index contributed by atoms with van der Waals surface area (Å²) in [6.07, 6.45) is 3.08. The van der Waals surface area contributed by atoms with Crippen molar-refractivity contribution in [3.05, 3.63) is 28.8 Å². The smallest absolute Gasteiger partial charge is 0.212 e. The first-order valence-electron chi connectivity index (χ1n) is 4.13. The van der Waals surface area contributed by atoms with Crippen molar-refractivity contribution >= 4 is 29.4 Å². The number of hydrogen-bond acceptors (Lipinski definition) is 3. The maximum atomic E-state index is 13.7. The van der Waals surface area contributed by atoms with Crippen LogP contribution >= 0.6 is 23.4 Å². The number of benzene rings is 1. The molecule has 80 valence electrons. The van der Waals surface area contributed by atoms with Crippen LogP contribution in [0.5, 0.6) is 0 Å². The maximum absolute atomic E-state index is 13.7. The molecule has 1 aromatic carbocycles. The largest absolute Gasteiger partial charge is 0.238 e. The van der Waals surface area contributed by atoms with Crippen molar-refractivity contribution in [3.63, 3.8) is 0 Å². The van der Waals surface area contributed by atoms with E-state index in [-0.39, 0.29) is 5.56 Å². The lowest BCUT2D eigenvalue weighted by Crippen LogP contribution is -2.11. The van der Waals surface area contributed by atoms with E-state index in [9.17, 15) is 9.18 Å². The normalized spacial score (nSPS) is 14.1. The summed E-state index contributed by atoms with van der Waals surface area (Å²) in [6.45, 7) is 1.18. The van der Waals surface area contributed by atoms with E-state index in [2.05, 4.69) is 4.99 Å². The van der Waals surface area contributed by atoms with Gasteiger partial charge in [-0.1, -0.05) is 17.7 Å². The lowest BCUT2D eigenvalue weighted by Gasteiger charge is -2.14. The van der Waals surface area contributed by atoms with Crippen LogP contribution in [-0.4, -0.2) is 12.3 Å². The molecule has 0 radical (unpaired) electrons. The Bertz CT molecular complexity index is 416. The molecule has 2 nitrogen and oxygen atoms in total. The second kappa shape index (κ2) is 4.79. The first-order chi connectivity index (χ1) is 7.01. The molecule has 0 aromatic heterocycles. The van der Waals surface area contributed by atoms with Gasteiger partial charge in [-0.25, -0.2) is 9.18 Å². The van der Waals surface area contributed by atoms with E-state index in [1.54, 1.807) is 12.1 Å². The van der Waals surface area contributed by atoms with Crippen LogP contribution in [-0.2, 0) is 10.6 Å². The Labute approximate surface area is 96.5 Å². The standard InChI is InChI=1S/C10H9ClFNOS/c1-10(12,13-6-14)7-3-4-9(15-2)8(11)5-7/h3-5H,1-2H3. The van der Waals surface area contributed by atoms with Gasteiger partial charge >= 0.3 is 0 Å². The van der Waals surface area contributed by atoms with Crippen LogP contribution in [0, 0.1) is 0 Å². The fourth-order valence-corrected chi connectivity index (χ4v) is 1.97. The molecule has 0 spiro atoms. The van der Waals surface area contributed by atoms with Crippen LogP contribution in [0.1, 0.15) is 12.5 Å². The van der Waals surface area contributed by atoms with E-state index in [1.165, 1.54) is 30.8 Å². The van der Waals surface area contributed by atoms with E-state index >= 15 is 0 Å². The number of hydrogen-bond donors (Lipinski definition) is 0. The van der Waals surface area contributed by atoms with Crippen LogP contribution in [0.15, 0.2) is 28.1 Å².